The summed E-state index contributed by atoms with van der Waals surface area (Å²) in [6.07, 6.45) is 0.222. The van der Waals surface area contributed by atoms with Gasteiger partial charge in [-0.2, -0.15) is 21.0 Å². The molecule has 0 spiro atoms. The van der Waals surface area contributed by atoms with Gasteiger partial charge in [0.25, 0.3) is 0 Å². The van der Waals surface area contributed by atoms with Crippen LogP contribution < -0.4 is 0 Å². The van der Waals surface area contributed by atoms with Crippen molar-refractivity contribution >= 4 is 5.78 Å². The average molecular weight is 350 g/mol. The van der Waals surface area contributed by atoms with Crippen LogP contribution in [-0.2, 0) is 4.79 Å². The summed E-state index contributed by atoms with van der Waals surface area (Å²) in [5, 5.41) is 38.0. The first-order chi connectivity index (χ1) is 13.1. The van der Waals surface area contributed by atoms with Crippen molar-refractivity contribution in [1.82, 2.24) is 0 Å². The number of carbonyl (C=O) groups is 1. The molecule has 0 unspecified atom stereocenters. The van der Waals surface area contributed by atoms with Gasteiger partial charge in [-0.25, -0.2) is 0 Å². The molecule has 0 bridgehead atoms. The van der Waals surface area contributed by atoms with Gasteiger partial charge < -0.3 is 0 Å². The zero-order valence-electron chi connectivity index (χ0n) is 14.4. The lowest BCUT2D eigenvalue weighted by Gasteiger charge is -2.40. The molecular formula is C22H14N4O. The van der Waals surface area contributed by atoms with E-state index in [0.717, 1.165) is 0 Å². The molecule has 27 heavy (non-hydrogen) atoms. The Kier molecular flexibility index (Phi) is 4.72. The van der Waals surface area contributed by atoms with Crippen molar-refractivity contribution in [3.63, 3.8) is 0 Å². The summed E-state index contributed by atoms with van der Waals surface area (Å²) in [6.45, 7) is 0. The molecular weight excluding hydrogens is 336 g/mol. The maximum Gasteiger partial charge on any atom is 0.158 e. The standard InChI is InChI=1S/C22H14N4O/c23-11-15-1-5-17(6-2-15)20-9-19(27)10-21(22(20,13-25)14-26)18-7-3-16(12-24)4-8-18/h1-8,20-21H,9-10H2/t20-,21-/m0/s1. The highest BCUT2D eigenvalue weighted by molar-refractivity contribution is 5.82. The molecule has 0 radical (unpaired) electrons. The highest BCUT2D eigenvalue weighted by Gasteiger charge is 2.52. The maximum absolute atomic E-state index is 12.5. The number of carbonyl (C=O) groups excluding carboxylic acids is 1. The Morgan fingerprint density at radius 1 is 0.704 bits per heavy atom. The van der Waals surface area contributed by atoms with E-state index in [0.29, 0.717) is 22.3 Å². The summed E-state index contributed by atoms with van der Waals surface area (Å²) in [5.41, 5.74) is 0.941. The molecule has 0 N–H and O–H groups in total. The number of nitriles is 4. The van der Waals surface area contributed by atoms with Crippen LogP contribution in [0.1, 0.15) is 46.9 Å². The van der Waals surface area contributed by atoms with Crippen molar-refractivity contribution < 1.29 is 4.79 Å². The third kappa shape index (κ3) is 3.04. The quantitative estimate of drug-likeness (QED) is 0.819. The molecule has 1 saturated carbocycles. The maximum atomic E-state index is 12.5. The van der Waals surface area contributed by atoms with E-state index in [1.807, 2.05) is 12.1 Å². The van der Waals surface area contributed by atoms with E-state index in [1.54, 1.807) is 48.5 Å². The van der Waals surface area contributed by atoms with E-state index in [-0.39, 0.29) is 18.6 Å². The first-order valence-corrected chi connectivity index (χ1v) is 8.42. The first kappa shape index (κ1) is 17.9. The van der Waals surface area contributed by atoms with E-state index in [4.69, 9.17) is 10.5 Å². The molecule has 0 aliphatic heterocycles. The second kappa shape index (κ2) is 7.13. The minimum Gasteiger partial charge on any atom is -0.300 e. The summed E-state index contributed by atoms with van der Waals surface area (Å²) in [6, 6.07) is 21.8. The normalized spacial score (nSPS) is 20.5. The number of benzene rings is 2. The van der Waals surface area contributed by atoms with Crippen molar-refractivity contribution in [3.05, 3.63) is 70.8 Å². The topological polar surface area (TPSA) is 112 Å². The third-order valence-corrected chi connectivity index (χ3v) is 5.22. The number of hydrogen-bond donors (Lipinski definition) is 0. The van der Waals surface area contributed by atoms with E-state index in [9.17, 15) is 15.3 Å². The Balaban J connectivity index is 2.12. The first-order valence-electron chi connectivity index (χ1n) is 8.42. The third-order valence-electron chi connectivity index (χ3n) is 5.22. The van der Waals surface area contributed by atoms with Crippen molar-refractivity contribution in [2.75, 3.05) is 0 Å². The molecule has 128 valence electrons. The molecule has 2 aromatic rings. The molecule has 1 aliphatic rings. The molecule has 0 amide bonds. The molecule has 5 heteroatoms. The van der Waals surface area contributed by atoms with Gasteiger partial charge >= 0.3 is 0 Å². The average Bonchev–Trinajstić information content (AvgIpc) is 2.73. The lowest BCUT2D eigenvalue weighted by Crippen LogP contribution is -2.39. The van der Waals surface area contributed by atoms with Crippen LogP contribution in [0.15, 0.2) is 48.5 Å². The number of nitrogens with zero attached hydrogens (tertiary/aromatic N) is 4. The number of Topliss-reactive ketones (excluding diaryl/α,β-unsaturated/α-hetero) is 1. The van der Waals surface area contributed by atoms with Crippen LogP contribution in [0.3, 0.4) is 0 Å². The van der Waals surface area contributed by atoms with Gasteiger partial charge in [0.2, 0.25) is 0 Å². The molecule has 0 saturated heterocycles. The van der Waals surface area contributed by atoms with Crippen LogP contribution in [0.5, 0.6) is 0 Å². The highest BCUT2D eigenvalue weighted by atomic mass is 16.1. The molecule has 0 aromatic heterocycles. The molecule has 2 atom stereocenters. The fraction of sp³-hybridized carbons (Fsp3) is 0.227. The minimum atomic E-state index is -1.41. The second-order valence-electron chi connectivity index (χ2n) is 6.61. The summed E-state index contributed by atoms with van der Waals surface area (Å²) in [5.74, 6) is -1.18. The SMILES string of the molecule is N#Cc1ccc([C@@H]2CC(=O)C[C@@H](c3ccc(C#N)cc3)C2(C#N)C#N)cc1. The van der Waals surface area contributed by atoms with Gasteiger partial charge in [-0.1, -0.05) is 24.3 Å². The molecule has 3 rings (SSSR count). The Morgan fingerprint density at radius 2 is 1.07 bits per heavy atom. The van der Waals surface area contributed by atoms with Crippen LogP contribution in [0.2, 0.25) is 0 Å². The second-order valence-corrected chi connectivity index (χ2v) is 6.61. The Hall–Kier alpha value is -3.93. The summed E-state index contributed by atoms with van der Waals surface area (Å²) < 4.78 is 0. The van der Waals surface area contributed by atoms with Gasteiger partial charge in [-0.15, -0.1) is 0 Å². The Labute approximate surface area is 157 Å². The van der Waals surface area contributed by atoms with Crippen LogP contribution >= 0.6 is 0 Å². The van der Waals surface area contributed by atoms with Crippen LogP contribution in [-0.4, -0.2) is 5.78 Å². The molecule has 5 nitrogen and oxygen atoms in total. The van der Waals surface area contributed by atoms with E-state index in [2.05, 4.69) is 12.1 Å². The van der Waals surface area contributed by atoms with Crippen LogP contribution in [0.4, 0.5) is 0 Å². The van der Waals surface area contributed by atoms with Crippen LogP contribution in [0.25, 0.3) is 0 Å². The number of hydrogen-bond acceptors (Lipinski definition) is 5. The number of ketones is 1. The Morgan fingerprint density at radius 3 is 1.37 bits per heavy atom. The van der Waals surface area contributed by atoms with Gasteiger partial charge in [-0.05, 0) is 35.4 Å². The van der Waals surface area contributed by atoms with Gasteiger partial charge in [0.05, 0.1) is 35.4 Å². The van der Waals surface area contributed by atoms with Crippen molar-refractivity contribution in [2.24, 2.45) is 5.41 Å². The van der Waals surface area contributed by atoms with E-state index in [1.165, 1.54) is 0 Å². The monoisotopic (exact) mass is 350 g/mol. The highest BCUT2D eigenvalue weighted by Crippen LogP contribution is 2.53. The lowest BCUT2D eigenvalue weighted by atomic mass is 9.57. The molecule has 1 fully saturated rings. The zero-order chi connectivity index (χ0) is 19.4. The van der Waals surface area contributed by atoms with E-state index < -0.39 is 17.3 Å². The predicted octanol–water partition coefficient (Wildman–Crippen LogP) is 3.69. The summed E-state index contributed by atoms with van der Waals surface area (Å²) >= 11 is 0. The summed E-state index contributed by atoms with van der Waals surface area (Å²) in [7, 11) is 0. The minimum absolute atomic E-state index is 0.0140. The van der Waals surface area contributed by atoms with Gasteiger partial charge in [-0.3, -0.25) is 4.79 Å². The van der Waals surface area contributed by atoms with E-state index >= 15 is 0 Å². The van der Waals surface area contributed by atoms with Crippen LogP contribution in [0, 0.1) is 50.7 Å². The largest absolute Gasteiger partial charge is 0.300 e. The fourth-order valence-electron chi connectivity index (χ4n) is 3.78. The summed E-state index contributed by atoms with van der Waals surface area (Å²) in [4.78, 5) is 12.5. The van der Waals surface area contributed by atoms with Gasteiger partial charge in [0, 0.05) is 24.7 Å². The van der Waals surface area contributed by atoms with Gasteiger partial charge in [0.15, 0.2) is 5.41 Å². The molecule has 0 heterocycles. The predicted molar refractivity (Wildman–Crippen MR) is 95.7 cm³/mol. The number of rotatable bonds is 2. The molecule has 1 aliphatic carbocycles. The zero-order valence-corrected chi connectivity index (χ0v) is 14.4. The van der Waals surface area contributed by atoms with Gasteiger partial charge in [0.1, 0.15) is 5.78 Å². The fourth-order valence-corrected chi connectivity index (χ4v) is 3.78. The van der Waals surface area contributed by atoms with Crippen molar-refractivity contribution in [1.29, 1.82) is 21.0 Å². The van der Waals surface area contributed by atoms with Crippen molar-refractivity contribution in [2.45, 2.75) is 24.7 Å². The smallest absolute Gasteiger partial charge is 0.158 e. The Bertz CT molecular complexity index is 955. The lowest BCUT2D eigenvalue weighted by molar-refractivity contribution is -0.122. The molecule has 2 aromatic carbocycles. The van der Waals surface area contributed by atoms with Crippen molar-refractivity contribution in [3.8, 4) is 24.3 Å².